The molecule has 1 atom stereocenters. The predicted octanol–water partition coefficient (Wildman–Crippen LogP) is 8.46. The molecule has 0 amide bonds. The highest BCUT2D eigenvalue weighted by atomic mass is 35.5. The van der Waals surface area contributed by atoms with Crippen LogP contribution in [0.25, 0.3) is 21.3 Å². The van der Waals surface area contributed by atoms with Gasteiger partial charge < -0.3 is 14.1 Å². The van der Waals surface area contributed by atoms with Crippen LogP contribution in [0, 0.1) is 0 Å². The van der Waals surface area contributed by atoms with Crippen LogP contribution in [0.15, 0.2) is 30.5 Å². The molecule has 1 spiro atoms. The van der Waals surface area contributed by atoms with Gasteiger partial charge in [0.05, 0.1) is 33.8 Å². The predicted molar refractivity (Wildman–Crippen MR) is 185 cm³/mol. The molecule has 1 aliphatic carbocycles. The van der Waals surface area contributed by atoms with Gasteiger partial charge in [0, 0.05) is 51.4 Å². The maximum Gasteiger partial charge on any atom is 0.219 e. The van der Waals surface area contributed by atoms with E-state index < -0.39 is 23.1 Å². The number of anilines is 1. The van der Waals surface area contributed by atoms with Gasteiger partial charge in [-0.1, -0.05) is 32.4 Å². The summed E-state index contributed by atoms with van der Waals surface area (Å²) in [6.07, 6.45) is 5.59. The van der Waals surface area contributed by atoms with Crippen molar-refractivity contribution in [2.24, 2.45) is 0 Å². The number of sulfonamides is 1. The topological polar surface area (TPSA) is 72.0 Å². The number of nitrogens with zero attached hydrogens (tertiary/aromatic N) is 3. The van der Waals surface area contributed by atoms with Crippen LogP contribution in [0.2, 0.25) is 23.2 Å². The van der Waals surface area contributed by atoms with Crippen LogP contribution in [0.5, 0.6) is 5.75 Å². The van der Waals surface area contributed by atoms with Gasteiger partial charge in [0.1, 0.15) is 12.4 Å². The SMILES string of the molecule is CC(C)(C)[Si](C)(C)OCc1cc2nccc(-c3cc(Cl)cc4c3N(C3CN(S(=O)(=O)C(C)(C)C)C5(CCC5)C3)CCO4)c2s1. The van der Waals surface area contributed by atoms with E-state index >= 15 is 0 Å². The first-order valence-electron chi connectivity index (χ1n) is 15.7. The first kappa shape index (κ1) is 32.3. The fourth-order valence-electron chi connectivity index (χ4n) is 6.58. The molecule has 0 radical (unpaired) electrons. The summed E-state index contributed by atoms with van der Waals surface area (Å²) < 4.78 is 42.6. The number of hydrogen-bond acceptors (Lipinski definition) is 7. The third-order valence-electron chi connectivity index (χ3n) is 10.4. The Morgan fingerprint density at radius 1 is 1.14 bits per heavy atom. The monoisotopic (exact) mass is 675 g/mol. The largest absolute Gasteiger partial charge is 0.489 e. The van der Waals surface area contributed by atoms with Crippen molar-refractivity contribution in [3.8, 4) is 16.9 Å². The third-order valence-corrected chi connectivity index (χ3v) is 18.9. The zero-order valence-electron chi connectivity index (χ0n) is 27.3. The summed E-state index contributed by atoms with van der Waals surface area (Å²) in [5.74, 6) is 0.751. The van der Waals surface area contributed by atoms with E-state index in [1.165, 1.54) is 0 Å². The lowest BCUT2D eigenvalue weighted by Crippen LogP contribution is -2.56. The van der Waals surface area contributed by atoms with Gasteiger partial charge in [-0.05, 0) is 82.8 Å². The Kier molecular flexibility index (Phi) is 8.02. The summed E-state index contributed by atoms with van der Waals surface area (Å²) in [7, 11) is -5.38. The van der Waals surface area contributed by atoms with Crippen LogP contribution < -0.4 is 9.64 Å². The Balaban J connectivity index is 1.39. The van der Waals surface area contributed by atoms with Crippen molar-refractivity contribution in [1.29, 1.82) is 0 Å². The number of thiophene rings is 1. The Bertz CT molecular complexity index is 1690. The number of fused-ring (bicyclic) bond motifs is 2. The molecule has 240 valence electrons. The highest BCUT2D eigenvalue weighted by molar-refractivity contribution is 7.90. The molecule has 7 nitrogen and oxygen atoms in total. The molecule has 1 saturated carbocycles. The molecule has 4 heterocycles. The van der Waals surface area contributed by atoms with Gasteiger partial charge in [0.25, 0.3) is 0 Å². The van der Waals surface area contributed by atoms with E-state index in [0.29, 0.717) is 31.3 Å². The molecule has 1 saturated heterocycles. The van der Waals surface area contributed by atoms with Gasteiger partial charge in [-0.15, -0.1) is 11.3 Å². The summed E-state index contributed by atoms with van der Waals surface area (Å²) in [4.78, 5) is 8.28. The van der Waals surface area contributed by atoms with E-state index in [0.717, 1.165) is 63.3 Å². The minimum atomic E-state index is -3.48. The Hall–Kier alpha value is -1.69. The second-order valence-electron chi connectivity index (χ2n) is 15.3. The highest BCUT2D eigenvalue weighted by Crippen LogP contribution is 2.53. The lowest BCUT2D eigenvalue weighted by molar-refractivity contribution is 0.125. The third kappa shape index (κ3) is 5.41. The van der Waals surface area contributed by atoms with Gasteiger partial charge in [-0.25, -0.2) is 8.42 Å². The zero-order chi connectivity index (χ0) is 31.9. The van der Waals surface area contributed by atoms with E-state index in [4.69, 9.17) is 25.7 Å². The summed E-state index contributed by atoms with van der Waals surface area (Å²) in [6, 6.07) is 8.18. The van der Waals surface area contributed by atoms with Crippen molar-refractivity contribution in [2.75, 3.05) is 24.6 Å². The number of halogens is 1. The molecule has 3 aromatic rings. The molecule has 2 aliphatic heterocycles. The van der Waals surface area contributed by atoms with E-state index in [1.807, 2.05) is 43.4 Å². The van der Waals surface area contributed by atoms with Crippen LogP contribution in [-0.4, -0.2) is 62.0 Å². The quantitative estimate of drug-likeness (QED) is 0.244. The fourth-order valence-corrected chi connectivity index (χ4v) is 10.7. The Morgan fingerprint density at radius 2 is 1.86 bits per heavy atom. The molecule has 11 heteroatoms. The number of ether oxygens (including phenoxy) is 1. The second-order valence-corrected chi connectivity index (χ2v) is 24.3. The molecule has 1 aromatic carbocycles. The summed E-state index contributed by atoms with van der Waals surface area (Å²) in [5.41, 5.74) is 3.70. The summed E-state index contributed by atoms with van der Waals surface area (Å²) in [6.45, 7) is 19.1. The average molecular weight is 676 g/mol. The van der Waals surface area contributed by atoms with Gasteiger partial charge in [0.15, 0.2) is 8.32 Å². The van der Waals surface area contributed by atoms with Crippen molar-refractivity contribution in [1.82, 2.24) is 9.29 Å². The maximum absolute atomic E-state index is 13.8. The van der Waals surface area contributed by atoms with E-state index in [9.17, 15) is 8.42 Å². The number of benzene rings is 1. The molecule has 0 bridgehead atoms. The zero-order valence-corrected chi connectivity index (χ0v) is 30.7. The minimum absolute atomic E-state index is 0.0456. The summed E-state index contributed by atoms with van der Waals surface area (Å²) >= 11 is 8.46. The molecule has 3 aliphatic rings. The Morgan fingerprint density at radius 3 is 2.50 bits per heavy atom. The lowest BCUT2D eigenvalue weighted by atomic mass is 9.75. The van der Waals surface area contributed by atoms with E-state index in [1.54, 1.807) is 11.3 Å². The highest BCUT2D eigenvalue weighted by Gasteiger charge is 2.57. The number of aromatic nitrogens is 1. The first-order chi connectivity index (χ1) is 20.4. The fraction of sp³-hybridized carbons (Fsp3) is 0.606. The van der Waals surface area contributed by atoms with Crippen LogP contribution >= 0.6 is 22.9 Å². The molecular formula is C33H46ClN3O4S2Si. The molecule has 2 fully saturated rings. The number of rotatable bonds is 6. The van der Waals surface area contributed by atoms with Gasteiger partial charge in [-0.2, -0.15) is 4.31 Å². The molecule has 1 unspecified atom stereocenters. The molecule has 44 heavy (non-hydrogen) atoms. The average Bonchev–Trinajstić information content (AvgIpc) is 3.52. The van der Waals surface area contributed by atoms with Crippen LogP contribution in [-0.2, 0) is 21.1 Å². The van der Waals surface area contributed by atoms with Crippen molar-refractivity contribution >= 4 is 57.2 Å². The van der Waals surface area contributed by atoms with Crippen LogP contribution in [0.1, 0.15) is 72.1 Å². The smallest absolute Gasteiger partial charge is 0.219 e. The standard InChI is InChI=1S/C33H46ClN3O4S2Si/c1-31(2,3)43(38,39)37-20-23(19-33(37)11-9-12-33)36-14-15-40-28-17-22(34)16-26(29(28)36)25-10-13-35-27-18-24(42-30(25)27)21-41-44(7,8)32(4,5)6/h10,13,16-18,23H,9,11-12,14-15,19-21H2,1-8H3. The Labute approximate surface area is 273 Å². The van der Waals surface area contributed by atoms with Crippen molar-refractivity contribution in [3.05, 3.63) is 40.4 Å². The van der Waals surface area contributed by atoms with Crippen molar-refractivity contribution in [3.63, 3.8) is 0 Å². The van der Waals surface area contributed by atoms with Crippen LogP contribution in [0.3, 0.4) is 0 Å². The molecule has 0 N–H and O–H groups in total. The molecule has 6 rings (SSSR count). The number of pyridine rings is 1. The normalized spacial score (nSPS) is 21.0. The van der Waals surface area contributed by atoms with Gasteiger partial charge in [0.2, 0.25) is 10.0 Å². The van der Waals surface area contributed by atoms with Crippen molar-refractivity contribution < 1.29 is 17.6 Å². The van der Waals surface area contributed by atoms with Gasteiger partial charge >= 0.3 is 0 Å². The first-order valence-corrected chi connectivity index (χ1v) is 21.3. The second kappa shape index (κ2) is 10.9. The van der Waals surface area contributed by atoms with Crippen LogP contribution in [0.4, 0.5) is 5.69 Å². The minimum Gasteiger partial charge on any atom is -0.489 e. The summed E-state index contributed by atoms with van der Waals surface area (Å²) in [5, 5.41) is 0.749. The number of hydrogen-bond donors (Lipinski definition) is 0. The van der Waals surface area contributed by atoms with E-state index in [2.05, 4.69) is 50.9 Å². The molecular weight excluding hydrogens is 630 g/mol. The van der Waals surface area contributed by atoms with Gasteiger partial charge in [-0.3, -0.25) is 4.98 Å². The van der Waals surface area contributed by atoms with Crippen molar-refractivity contribution in [2.45, 2.75) is 108 Å². The molecule has 2 aromatic heterocycles. The van der Waals surface area contributed by atoms with E-state index in [-0.39, 0.29) is 16.6 Å². The lowest BCUT2D eigenvalue weighted by Gasteiger charge is -2.46. The maximum atomic E-state index is 13.8.